The number of hydrogen-bond donors (Lipinski definition) is 3. The molecule has 2 aromatic rings. The van der Waals surface area contributed by atoms with Crippen molar-refractivity contribution < 1.29 is 9.18 Å². The Bertz CT molecular complexity index is 588. The van der Waals surface area contributed by atoms with E-state index in [1.165, 1.54) is 0 Å². The first kappa shape index (κ1) is 13.2. The van der Waals surface area contributed by atoms with Crippen molar-refractivity contribution in [1.29, 1.82) is 0 Å². The molecule has 0 radical (unpaired) electrons. The van der Waals surface area contributed by atoms with Crippen molar-refractivity contribution in [2.75, 3.05) is 18.6 Å². The van der Waals surface area contributed by atoms with Crippen LogP contribution in [0.1, 0.15) is 16.9 Å². The van der Waals surface area contributed by atoms with Crippen LogP contribution in [-0.4, -0.2) is 24.1 Å². The van der Waals surface area contributed by atoms with E-state index in [4.69, 9.17) is 5.84 Å². The molecular weight excluding hydrogens is 247 g/mol. The number of carbonyl (C=O) groups is 1. The van der Waals surface area contributed by atoms with E-state index in [-0.39, 0.29) is 18.1 Å². The second kappa shape index (κ2) is 6.10. The van der Waals surface area contributed by atoms with Crippen LogP contribution >= 0.6 is 0 Å². The third kappa shape index (κ3) is 2.97. The minimum Gasteiger partial charge on any atom is -0.351 e. The number of aromatic nitrogens is 1. The van der Waals surface area contributed by atoms with Crippen LogP contribution in [0.3, 0.4) is 0 Å². The molecular formula is C13H15FN4O. The Balaban J connectivity index is 2.31. The molecule has 0 atom stereocenters. The zero-order valence-corrected chi connectivity index (χ0v) is 10.3. The Morgan fingerprint density at radius 3 is 2.89 bits per heavy atom. The van der Waals surface area contributed by atoms with Crippen LogP contribution in [0.25, 0.3) is 10.8 Å². The summed E-state index contributed by atoms with van der Waals surface area (Å²) in [5.41, 5.74) is 2.74. The van der Waals surface area contributed by atoms with Gasteiger partial charge in [-0.2, -0.15) is 0 Å². The fourth-order valence-electron chi connectivity index (χ4n) is 1.78. The molecule has 0 saturated heterocycles. The second-order valence-electron chi connectivity index (χ2n) is 4.02. The van der Waals surface area contributed by atoms with Gasteiger partial charge in [-0.1, -0.05) is 24.3 Å². The molecule has 19 heavy (non-hydrogen) atoms. The quantitative estimate of drug-likeness (QED) is 0.434. The van der Waals surface area contributed by atoms with Crippen molar-refractivity contribution in [2.24, 2.45) is 5.84 Å². The number of rotatable bonds is 5. The average molecular weight is 262 g/mol. The van der Waals surface area contributed by atoms with Crippen molar-refractivity contribution in [1.82, 2.24) is 10.3 Å². The molecule has 1 aromatic carbocycles. The maximum atomic E-state index is 12.0. The van der Waals surface area contributed by atoms with Gasteiger partial charge < -0.3 is 10.7 Å². The fraction of sp³-hybridized carbons (Fsp3) is 0.231. The van der Waals surface area contributed by atoms with Gasteiger partial charge >= 0.3 is 0 Å². The molecule has 0 aliphatic carbocycles. The number of benzene rings is 1. The van der Waals surface area contributed by atoms with Gasteiger partial charge in [0.15, 0.2) is 0 Å². The predicted octanol–water partition coefficient (Wildman–Crippen LogP) is 1.61. The summed E-state index contributed by atoms with van der Waals surface area (Å²) < 4.78 is 12.0. The first-order chi connectivity index (χ1) is 9.26. The summed E-state index contributed by atoms with van der Waals surface area (Å²) in [4.78, 5) is 16.0. The fourth-order valence-corrected chi connectivity index (χ4v) is 1.78. The number of hydrogen-bond acceptors (Lipinski definition) is 4. The molecule has 6 heteroatoms. The van der Waals surface area contributed by atoms with E-state index >= 15 is 0 Å². The monoisotopic (exact) mass is 262 g/mol. The normalized spacial score (nSPS) is 10.4. The van der Waals surface area contributed by atoms with Crippen LogP contribution in [0.2, 0.25) is 0 Å². The molecule has 0 spiro atoms. The number of carbonyl (C=O) groups excluding carboxylic acids is 1. The highest BCUT2D eigenvalue weighted by Gasteiger charge is 2.11. The van der Waals surface area contributed by atoms with Crippen LogP contribution in [0.5, 0.6) is 0 Å². The Morgan fingerprint density at radius 2 is 2.16 bits per heavy atom. The molecule has 1 amide bonds. The van der Waals surface area contributed by atoms with E-state index < -0.39 is 6.67 Å². The summed E-state index contributed by atoms with van der Waals surface area (Å²) in [5, 5.41) is 4.31. The van der Waals surface area contributed by atoms with E-state index in [1.54, 1.807) is 6.07 Å². The number of fused-ring (bicyclic) bond motifs is 1. The average Bonchev–Trinajstić information content (AvgIpc) is 2.46. The first-order valence-electron chi connectivity index (χ1n) is 5.97. The Hall–Kier alpha value is -2.21. The molecule has 0 fully saturated rings. The van der Waals surface area contributed by atoms with Gasteiger partial charge in [0.25, 0.3) is 5.91 Å². The zero-order chi connectivity index (χ0) is 13.7. The number of alkyl halides is 1. The van der Waals surface area contributed by atoms with Crippen LogP contribution in [0, 0.1) is 0 Å². The van der Waals surface area contributed by atoms with Gasteiger partial charge in [0.1, 0.15) is 11.5 Å². The third-order valence-corrected chi connectivity index (χ3v) is 2.71. The summed E-state index contributed by atoms with van der Waals surface area (Å²) in [6, 6.07) is 9.15. The van der Waals surface area contributed by atoms with Crippen molar-refractivity contribution >= 4 is 22.5 Å². The topological polar surface area (TPSA) is 80.0 Å². The Morgan fingerprint density at radius 1 is 1.37 bits per heavy atom. The van der Waals surface area contributed by atoms with Crippen molar-refractivity contribution in [3.05, 3.63) is 36.0 Å². The molecule has 0 unspecified atom stereocenters. The largest absolute Gasteiger partial charge is 0.351 e. The smallest absolute Gasteiger partial charge is 0.269 e. The molecule has 0 bridgehead atoms. The van der Waals surface area contributed by atoms with Gasteiger partial charge in [0.2, 0.25) is 0 Å². The number of pyridine rings is 1. The Kier molecular flexibility index (Phi) is 4.25. The van der Waals surface area contributed by atoms with Gasteiger partial charge in [0, 0.05) is 11.9 Å². The van der Waals surface area contributed by atoms with E-state index in [9.17, 15) is 9.18 Å². The van der Waals surface area contributed by atoms with E-state index in [0.717, 1.165) is 10.8 Å². The summed E-state index contributed by atoms with van der Waals surface area (Å²) in [7, 11) is 0. The number of anilines is 1. The number of nitrogens with zero attached hydrogens (tertiary/aromatic N) is 1. The van der Waals surface area contributed by atoms with Gasteiger partial charge in [-0.05, 0) is 17.9 Å². The highest BCUT2D eigenvalue weighted by atomic mass is 19.1. The summed E-state index contributed by atoms with van der Waals surface area (Å²) in [6.45, 7) is -0.170. The summed E-state index contributed by atoms with van der Waals surface area (Å²) in [6.07, 6.45) is 0.293. The maximum absolute atomic E-state index is 12.0. The third-order valence-electron chi connectivity index (χ3n) is 2.71. The minimum absolute atomic E-state index is 0.255. The first-order valence-corrected chi connectivity index (χ1v) is 5.97. The van der Waals surface area contributed by atoms with E-state index in [0.29, 0.717) is 12.2 Å². The molecule has 1 heterocycles. The molecule has 1 aromatic heterocycles. The highest BCUT2D eigenvalue weighted by Crippen LogP contribution is 2.21. The van der Waals surface area contributed by atoms with Gasteiger partial charge in [-0.15, -0.1) is 0 Å². The molecule has 5 nitrogen and oxygen atoms in total. The highest BCUT2D eigenvalue weighted by molar-refractivity contribution is 6.00. The molecule has 0 aliphatic heterocycles. The minimum atomic E-state index is -0.457. The molecule has 2 rings (SSSR count). The lowest BCUT2D eigenvalue weighted by molar-refractivity contribution is 0.0948. The van der Waals surface area contributed by atoms with Crippen molar-refractivity contribution in [3.8, 4) is 0 Å². The number of nitrogens with two attached hydrogens (primary N) is 1. The molecule has 0 saturated carbocycles. The van der Waals surface area contributed by atoms with Crippen LogP contribution in [0.4, 0.5) is 10.2 Å². The molecule has 0 aliphatic rings. The van der Waals surface area contributed by atoms with Gasteiger partial charge in [-0.25, -0.2) is 10.8 Å². The maximum Gasteiger partial charge on any atom is 0.269 e. The lowest BCUT2D eigenvalue weighted by atomic mass is 10.1. The van der Waals surface area contributed by atoms with Crippen molar-refractivity contribution in [3.63, 3.8) is 0 Å². The van der Waals surface area contributed by atoms with Gasteiger partial charge in [-0.3, -0.25) is 9.18 Å². The lowest BCUT2D eigenvalue weighted by Gasteiger charge is -2.08. The van der Waals surface area contributed by atoms with E-state index in [2.05, 4.69) is 15.7 Å². The van der Waals surface area contributed by atoms with Crippen LogP contribution < -0.4 is 16.6 Å². The van der Waals surface area contributed by atoms with Crippen molar-refractivity contribution in [2.45, 2.75) is 6.42 Å². The molecule has 4 N–H and O–H groups in total. The second-order valence-corrected chi connectivity index (χ2v) is 4.02. The summed E-state index contributed by atoms with van der Waals surface area (Å²) in [5.74, 6) is 5.51. The van der Waals surface area contributed by atoms with E-state index in [1.807, 2.05) is 24.3 Å². The van der Waals surface area contributed by atoms with Crippen LogP contribution in [-0.2, 0) is 0 Å². The van der Waals surface area contributed by atoms with Crippen LogP contribution in [0.15, 0.2) is 30.3 Å². The zero-order valence-electron chi connectivity index (χ0n) is 10.3. The molecule has 100 valence electrons. The number of halogens is 1. The van der Waals surface area contributed by atoms with Gasteiger partial charge in [0.05, 0.1) is 6.67 Å². The SMILES string of the molecule is NNc1nc(C(=O)NCCCF)cc2ccccc12. The number of nitrogen functional groups attached to an aromatic ring is 1. The number of hydrazine groups is 1. The lowest BCUT2D eigenvalue weighted by Crippen LogP contribution is -2.26. The number of nitrogens with one attached hydrogen (secondary N) is 2. The Labute approximate surface area is 110 Å². The number of amides is 1. The summed E-state index contributed by atoms with van der Waals surface area (Å²) >= 11 is 0. The standard InChI is InChI=1S/C13H15FN4O/c14-6-3-7-16-13(19)11-8-9-4-1-2-5-10(9)12(17-11)18-15/h1-2,4-5,8H,3,6-7,15H2,(H,16,19)(H,17,18). The predicted molar refractivity (Wildman–Crippen MR) is 72.5 cm³/mol.